The minimum absolute atomic E-state index is 0.630. The van der Waals surface area contributed by atoms with Crippen molar-refractivity contribution in [3.8, 4) is 5.75 Å². The van der Waals surface area contributed by atoms with Gasteiger partial charge in [0.2, 0.25) is 0 Å². The molecule has 0 fully saturated rings. The Morgan fingerprint density at radius 3 is 2.33 bits per heavy atom. The van der Waals surface area contributed by atoms with Gasteiger partial charge in [-0.3, -0.25) is 10.9 Å². The molecular weight excluding hydrogens is 210 g/mol. The molecule has 0 aliphatic heterocycles. The van der Waals surface area contributed by atoms with E-state index in [1.165, 1.54) is 0 Å². The third-order valence-corrected chi connectivity index (χ3v) is 2.28. The van der Waals surface area contributed by atoms with Gasteiger partial charge in [0.05, 0.1) is 12.8 Å². The Morgan fingerprint density at radius 1 is 1.27 bits per heavy atom. The number of hydrogen-bond acceptors (Lipinski definition) is 3. The zero-order valence-electron chi connectivity index (χ0n) is 9.07. The molecule has 0 radical (unpaired) electrons. The highest BCUT2D eigenvalue weighted by Gasteiger charge is 1.97. The van der Waals surface area contributed by atoms with Crippen molar-refractivity contribution >= 4 is 23.0 Å². The Morgan fingerprint density at radius 2 is 1.87 bits per heavy atom. The molecule has 5 heteroatoms. The van der Waals surface area contributed by atoms with Gasteiger partial charge in [0.15, 0.2) is 5.11 Å². The monoisotopic (exact) mass is 225 g/mol. The van der Waals surface area contributed by atoms with Crippen molar-refractivity contribution in [3.05, 3.63) is 24.3 Å². The quantitative estimate of drug-likeness (QED) is 0.601. The van der Waals surface area contributed by atoms with E-state index in [2.05, 4.69) is 10.9 Å². The predicted molar refractivity (Wildman–Crippen MR) is 66.0 cm³/mol. The van der Waals surface area contributed by atoms with Crippen LogP contribution in [0.5, 0.6) is 5.75 Å². The maximum absolute atomic E-state index is 5.05. The van der Waals surface area contributed by atoms with Crippen molar-refractivity contribution in [2.45, 2.75) is 0 Å². The van der Waals surface area contributed by atoms with Crippen LogP contribution in [0.2, 0.25) is 0 Å². The molecule has 0 spiro atoms. The van der Waals surface area contributed by atoms with Crippen LogP contribution in [0.3, 0.4) is 0 Å². The minimum atomic E-state index is 0.630. The van der Waals surface area contributed by atoms with Crippen molar-refractivity contribution in [3.63, 3.8) is 0 Å². The minimum Gasteiger partial charge on any atom is -0.497 e. The second-order valence-corrected chi connectivity index (χ2v) is 3.56. The molecule has 0 bridgehead atoms. The lowest BCUT2D eigenvalue weighted by molar-refractivity contribution is 0.415. The molecule has 1 aromatic rings. The third-order valence-electron chi connectivity index (χ3n) is 1.81. The maximum atomic E-state index is 5.05. The molecular formula is C10H15N3OS. The second-order valence-electron chi connectivity index (χ2n) is 3.18. The van der Waals surface area contributed by atoms with Crippen molar-refractivity contribution in [2.75, 3.05) is 26.6 Å². The van der Waals surface area contributed by atoms with Crippen LogP contribution < -0.4 is 15.6 Å². The molecule has 0 saturated carbocycles. The first-order chi connectivity index (χ1) is 7.13. The molecule has 0 heterocycles. The lowest BCUT2D eigenvalue weighted by Gasteiger charge is -2.16. The number of benzene rings is 1. The molecule has 0 unspecified atom stereocenters. The summed E-state index contributed by atoms with van der Waals surface area (Å²) in [7, 11) is 5.40. The second kappa shape index (κ2) is 5.41. The summed E-state index contributed by atoms with van der Waals surface area (Å²) in [4.78, 5) is 1.81. The van der Waals surface area contributed by atoms with Gasteiger partial charge in [0.25, 0.3) is 0 Å². The number of anilines is 1. The SMILES string of the molecule is COc1ccc(NNC(=S)N(C)C)cc1. The van der Waals surface area contributed by atoms with E-state index in [0.717, 1.165) is 11.4 Å². The summed E-state index contributed by atoms with van der Waals surface area (Å²) < 4.78 is 5.05. The lowest BCUT2D eigenvalue weighted by atomic mass is 10.3. The molecule has 1 rings (SSSR count). The van der Waals surface area contributed by atoms with Crippen molar-refractivity contribution < 1.29 is 4.74 Å². The van der Waals surface area contributed by atoms with E-state index in [1.807, 2.05) is 43.3 Å². The third kappa shape index (κ3) is 3.63. The van der Waals surface area contributed by atoms with Crippen molar-refractivity contribution in [1.29, 1.82) is 0 Å². The fourth-order valence-electron chi connectivity index (χ4n) is 0.912. The Kier molecular flexibility index (Phi) is 4.17. The molecule has 0 saturated heterocycles. The van der Waals surface area contributed by atoms with Crippen LogP contribution in [0, 0.1) is 0 Å². The molecule has 82 valence electrons. The van der Waals surface area contributed by atoms with E-state index in [-0.39, 0.29) is 0 Å². The molecule has 15 heavy (non-hydrogen) atoms. The summed E-state index contributed by atoms with van der Waals surface area (Å²) in [5, 5.41) is 0.630. The van der Waals surface area contributed by atoms with Crippen LogP contribution in [0.25, 0.3) is 0 Å². The first kappa shape index (κ1) is 11.6. The van der Waals surface area contributed by atoms with Gasteiger partial charge in [-0.05, 0) is 36.5 Å². The highest BCUT2D eigenvalue weighted by Crippen LogP contribution is 2.13. The van der Waals surface area contributed by atoms with Crippen LogP contribution in [0.15, 0.2) is 24.3 Å². The molecule has 4 nitrogen and oxygen atoms in total. The van der Waals surface area contributed by atoms with Crippen molar-refractivity contribution in [1.82, 2.24) is 10.3 Å². The summed E-state index contributed by atoms with van der Waals surface area (Å²) >= 11 is 5.05. The van der Waals surface area contributed by atoms with Crippen LogP contribution in [-0.4, -0.2) is 31.2 Å². The topological polar surface area (TPSA) is 36.5 Å². The zero-order valence-corrected chi connectivity index (χ0v) is 9.89. The van der Waals surface area contributed by atoms with E-state index in [1.54, 1.807) is 7.11 Å². The number of hydrazine groups is 1. The molecule has 2 N–H and O–H groups in total. The molecule has 0 aromatic heterocycles. The zero-order chi connectivity index (χ0) is 11.3. The van der Waals surface area contributed by atoms with Gasteiger partial charge in [-0.25, -0.2) is 0 Å². The first-order valence-electron chi connectivity index (χ1n) is 4.51. The van der Waals surface area contributed by atoms with E-state index < -0.39 is 0 Å². The molecule has 1 aromatic carbocycles. The van der Waals surface area contributed by atoms with Gasteiger partial charge in [-0.1, -0.05) is 0 Å². The first-order valence-corrected chi connectivity index (χ1v) is 4.91. The van der Waals surface area contributed by atoms with Gasteiger partial charge in [0, 0.05) is 14.1 Å². The number of methoxy groups -OCH3 is 1. The van der Waals surface area contributed by atoms with Crippen LogP contribution in [0.1, 0.15) is 0 Å². The number of thiocarbonyl (C=S) groups is 1. The molecule has 0 aliphatic carbocycles. The van der Waals surface area contributed by atoms with Crippen molar-refractivity contribution in [2.24, 2.45) is 0 Å². The highest BCUT2D eigenvalue weighted by molar-refractivity contribution is 7.80. The van der Waals surface area contributed by atoms with Crippen LogP contribution in [-0.2, 0) is 0 Å². The Balaban J connectivity index is 2.47. The van der Waals surface area contributed by atoms with Gasteiger partial charge in [-0.2, -0.15) is 0 Å². The Hall–Kier alpha value is -1.49. The van der Waals surface area contributed by atoms with E-state index in [0.29, 0.717) is 5.11 Å². The van der Waals surface area contributed by atoms with Gasteiger partial charge in [-0.15, -0.1) is 0 Å². The number of ether oxygens (including phenoxy) is 1. The van der Waals surface area contributed by atoms with Gasteiger partial charge < -0.3 is 9.64 Å². The number of rotatable bonds is 3. The normalized spacial score (nSPS) is 9.27. The average Bonchev–Trinajstić information content (AvgIpc) is 2.26. The molecule has 0 aliphatic rings. The number of nitrogens with one attached hydrogen (secondary N) is 2. The maximum Gasteiger partial charge on any atom is 0.187 e. The van der Waals surface area contributed by atoms with E-state index in [9.17, 15) is 0 Å². The van der Waals surface area contributed by atoms with E-state index in [4.69, 9.17) is 17.0 Å². The predicted octanol–water partition coefficient (Wildman–Crippen LogP) is 1.46. The Labute approximate surface area is 95.2 Å². The summed E-state index contributed by atoms with van der Waals surface area (Å²) in [6.45, 7) is 0. The summed E-state index contributed by atoms with van der Waals surface area (Å²) in [6.07, 6.45) is 0. The fourth-order valence-corrected chi connectivity index (χ4v) is 0.963. The summed E-state index contributed by atoms with van der Waals surface area (Å²) in [5.74, 6) is 0.829. The average molecular weight is 225 g/mol. The fraction of sp³-hybridized carbons (Fsp3) is 0.300. The smallest absolute Gasteiger partial charge is 0.187 e. The lowest BCUT2D eigenvalue weighted by Crippen LogP contribution is -2.37. The highest BCUT2D eigenvalue weighted by atomic mass is 32.1. The number of hydrogen-bond donors (Lipinski definition) is 2. The summed E-state index contributed by atoms with van der Waals surface area (Å²) in [5.41, 5.74) is 6.82. The molecule has 0 amide bonds. The number of nitrogens with zero attached hydrogens (tertiary/aromatic N) is 1. The standard InChI is InChI=1S/C10H15N3OS/c1-13(2)10(15)12-11-8-4-6-9(14-3)7-5-8/h4-7,11H,1-3H3,(H,12,15). The Bertz CT molecular complexity index is 324. The molecule has 0 atom stereocenters. The van der Waals surface area contributed by atoms with Crippen LogP contribution >= 0.6 is 12.2 Å². The largest absolute Gasteiger partial charge is 0.497 e. The van der Waals surface area contributed by atoms with Gasteiger partial charge >= 0.3 is 0 Å². The van der Waals surface area contributed by atoms with Gasteiger partial charge in [0.1, 0.15) is 5.75 Å². The van der Waals surface area contributed by atoms with E-state index >= 15 is 0 Å². The van der Waals surface area contributed by atoms with Crippen LogP contribution in [0.4, 0.5) is 5.69 Å². The summed E-state index contributed by atoms with van der Waals surface area (Å²) in [6, 6.07) is 7.57.